The van der Waals surface area contributed by atoms with E-state index in [1.54, 1.807) is 0 Å². The van der Waals surface area contributed by atoms with Gasteiger partial charge in [-0.2, -0.15) is 0 Å². The zero-order valence-electron chi connectivity index (χ0n) is 13.8. The van der Waals surface area contributed by atoms with Crippen LogP contribution >= 0.6 is 0 Å². The molecule has 23 heavy (non-hydrogen) atoms. The van der Waals surface area contributed by atoms with Crippen LogP contribution < -0.4 is 0 Å². The molecule has 0 atom stereocenters. The summed E-state index contributed by atoms with van der Waals surface area (Å²) in [4.78, 5) is 29.6. The van der Waals surface area contributed by atoms with Crippen molar-refractivity contribution in [2.45, 2.75) is 27.2 Å². The van der Waals surface area contributed by atoms with Gasteiger partial charge in [0, 0.05) is 17.3 Å². The zero-order valence-corrected chi connectivity index (χ0v) is 13.8. The molecule has 0 N–H and O–H groups in total. The van der Waals surface area contributed by atoms with Crippen LogP contribution in [0.25, 0.3) is 10.9 Å². The van der Waals surface area contributed by atoms with Crippen molar-refractivity contribution in [1.82, 2.24) is 4.57 Å². The minimum absolute atomic E-state index is 0.0635. The summed E-state index contributed by atoms with van der Waals surface area (Å²) in [7, 11) is 1.34. The van der Waals surface area contributed by atoms with Crippen LogP contribution in [-0.4, -0.2) is 35.8 Å². The van der Waals surface area contributed by atoms with E-state index in [2.05, 4.69) is 4.99 Å². The van der Waals surface area contributed by atoms with Gasteiger partial charge in [-0.05, 0) is 18.1 Å². The fourth-order valence-electron chi connectivity index (χ4n) is 2.98. The Bertz CT molecular complexity index is 838. The van der Waals surface area contributed by atoms with Gasteiger partial charge in [0.25, 0.3) is 0 Å². The van der Waals surface area contributed by atoms with E-state index in [0.29, 0.717) is 24.4 Å². The van der Waals surface area contributed by atoms with Gasteiger partial charge in [-0.25, -0.2) is 9.36 Å². The number of hydrogen-bond acceptors (Lipinski definition) is 4. The first kappa shape index (κ1) is 15.5. The lowest BCUT2D eigenvalue weighted by Crippen LogP contribution is -2.34. The summed E-state index contributed by atoms with van der Waals surface area (Å²) in [6.45, 7) is 6.13. The van der Waals surface area contributed by atoms with E-state index < -0.39 is 11.5 Å². The van der Waals surface area contributed by atoms with Gasteiger partial charge in [-0.1, -0.05) is 39.0 Å². The van der Waals surface area contributed by atoms with Crippen LogP contribution in [-0.2, 0) is 16.0 Å². The van der Waals surface area contributed by atoms with E-state index >= 15 is 0 Å². The second-order valence-corrected chi connectivity index (χ2v) is 6.71. The molecule has 1 aromatic carbocycles. The van der Waals surface area contributed by atoms with Crippen molar-refractivity contribution in [2.24, 2.45) is 10.4 Å². The van der Waals surface area contributed by atoms with Crippen LogP contribution in [0.2, 0.25) is 0 Å². The lowest BCUT2D eigenvalue weighted by atomic mass is 9.85. The molecule has 0 spiro atoms. The van der Waals surface area contributed by atoms with Gasteiger partial charge in [-0.3, -0.25) is 9.79 Å². The molecule has 1 aliphatic heterocycles. The number of carbonyl (C=O) groups excluding carboxylic acids is 2. The van der Waals surface area contributed by atoms with Crippen LogP contribution in [0.3, 0.4) is 0 Å². The Hall–Kier alpha value is -2.43. The predicted octanol–water partition coefficient (Wildman–Crippen LogP) is 3.22. The van der Waals surface area contributed by atoms with E-state index in [0.717, 1.165) is 16.5 Å². The Balaban J connectivity index is 2.34. The number of ether oxygens (including phenoxy) is 1. The van der Waals surface area contributed by atoms with Crippen molar-refractivity contribution in [3.8, 4) is 0 Å². The molecule has 0 bridgehead atoms. The minimum atomic E-state index is -0.565. The number of methoxy groups -OCH3 is 1. The standard InChI is InChI=1S/C18H20N2O3/c1-18(2,3)16(21)14-15-12(9-10-19-14)11-7-5-6-8-13(11)20(15)17(22)23-4/h5-8H,9-10H2,1-4H3. The molecule has 0 unspecified atom stereocenters. The van der Waals surface area contributed by atoms with Gasteiger partial charge in [0.1, 0.15) is 5.71 Å². The number of rotatable bonds is 1. The highest BCUT2D eigenvalue weighted by atomic mass is 16.5. The number of para-hydroxylation sites is 1. The second-order valence-electron chi connectivity index (χ2n) is 6.71. The molecule has 2 aromatic rings. The van der Waals surface area contributed by atoms with Crippen LogP contribution in [0.5, 0.6) is 0 Å². The van der Waals surface area contributed by atoms with Crippen LogP contribution in [0.4, 0.5) is 4.79 Å². The lowest BCUT2D eigenvalue weighted by molar-refractivity contribution is -0.119. The predicted molar refractivity (Wildman–Crippen MR) is 89.3 cm³/mol. The Morgan fingerprint density at radius 2 is 1.91 bits per heavy atom. The highest BCUT2D eigenvalue weighted by Gasteiger charge is 2.35. The SMILES string of the molecule is COC(=O)n1c2c(c3ccccc31)CCN=C2C(=O)C(C)(C)C. The summed E-state index contributed by atoms with van der Waals surface area (Å²) in [6.07, 6.45) is 0.208. The van der Waals surface area contributed by atoms with Crippen LogP contribution in [0, 0.1) is 5.41 Å². The third-order valence-corrected chi connectivity index (χ3v) is 4.09. The van der Waals surface area contributed by atoms with Crippen molar-refractivity contribution >= 4 is 28.5 Å². The van der Waals surface area contributed by atoms with E-state index in [1.165, 1.54) is 11.7 Å². The summed E-state index contributed by atoms with van der Waals surface area (Å²) in [5.41, 5.74) is 2.14. The van der Waals surface area contributed by atoms with E-state index in [9.17, 15) is 9.59 Å². The summed E-state index contributed by atoms with van der Waals surface area (Å²) in [5, 5.41) is 0.974. The molecule has 0 saturated carbocycles. The Labute approximate surface area is 135 Å². The molecular formula is C18H20N2O3. The third-order valence-electron chi connectivity index (χ3n) is 4.09. The number of fused-ring (bicyclic) bond motifs is 3. The molecule has 120 valence electrons. The molecule has 0 amide bonds. The number of carbonyl (C=O) groups is 2. The number of benzene rings is 1. The van der Waals surface area contributed by atoms with Crippen molar-refractivity contribution in [2.75, 3.05) is 13.7 Å². The topological polar surface area (TPSA) is 60.7 Å². The summed E-state index contributed by atoms with van der Waals surface area (Å²) < 4.78 is 6.42. The maximum Gasteiger partial charge on any atom is 0.418 e. The fraction of sp³-hybridized carbons (Fsp3) is 0.389. The maximum atomic E-state index is 12.8. The molecule has 5 nitrogen and oxygen atoms in total. The highest BCUT2D eigenvalue weighted by molar-refractivity contribution is 6.48. The number of nitrogens with zero attached hydrogens (tertiary/aromatic N) is 2. The van der Waals surface area contributed by atoms with Crippen molar-refractivity contribution in [1.29, 1.82) is 0 Å². The van der Waals surface area contributed by atoms with E-state index in [4.69, 9.17) is 4.74 Å². The molecule has 0 aliphatic carbocycles. The van der Waals surface area contributed by atoms with Crippen molar-refractivity contribution in [3.05, 3.63) is 35.5 Å². The maximum absolute atomic E-state index is 12.8. The highest BCUT2D eigenvalue weighted by Crippen LogP contribution is 2.32. The summed E-state index contributed by atoms with van der Waals surface area (Å²) in [6, 6.07) is 7.64. The number of ketones is 1. The largest absolute Gasteiger partial charge is 0.452 e. The smallest absolute Gasteiger partial charge is 0.418 e. The van der Waals surface area contributed by atoms with Gasteiger partial charge in [0.2, 0.25) is 0 Å². The average molecular weight is 312 g/mol. The first-order valence-electron chi connectivity index (χ1n) is 7.66. The lowest BCUT2D eigenvalue weighted by Gasteiger charge is -2.22. The number of aliphatic imine (C=N–C) groups is 1. The van der Waals surface area contributed by atoms with Gasteiger partial charge in [0.05, 0.1) is 18.3 Å². The summed E-state index contributed by atoms with van der Waals surface area (Å²) >= 11 is 0. The normalized spacial score (nSPS) is 14.3. The van der Waals surface area contributed by atoms with E-state index in [-0.39, 0.29) is 5.78 Å². The molecule has 2 heterocycles. The van der Waals surface area contributed by atoms with Crippen molar-refractivity contribution < 1.29 is 14.3 Å². The average Bonchev–Trinajstić information content (AvgIpc) is 2.87. The summed E-state index contributed by atoms with van der Waals surface area (Å²) in [5.74, 6) is -0.0635. The molecule has 3 rings (SSSR count). The van der Waals surface area contributed by atoms with Gasteiger partial charge >= 0.3 is 6.09 Å². The molecule has 0 saturated heterocycles. The monoisotopic (exact) mass is 312 g/mol. The van der Waals surface area contributed by atoms with Gasteiger partial charge in [-0.15, -0.1) is 0 Å². The minimum Gasteiger partial charge on any atom is -0.452 e. The molecule has 1 aromatic heterocycles. The molecular weight excluding hydrogens is 292 g/mol. The Kier molecular flexibility index (Phi) is 3.59. The van der Waals surface area contributed by atoms with Crippen LogP contribution in [0.15, 0.2) is 29.3 Å². The molecule has 5 heteroatoms. The first-order valence-corrected chi connectivity index (χ1v) is 7.66. The number of aromatic nitrogens is 1. The van der Waals surface area contributed by atoms with Crippen LogP contribution in [0.1, 0.15) is 32.0 Å². The Morgan fingerprint density at radius 1 is 1.22 bits per heavy atom. The molecule has 1 aliphatic rings. The van der Waals surface area contributed by atoms with E-state index in [1.807, 2.05) is 45.0 Å². The quantitative estimate of drug-likeness (QED) is 0.812. The number of Topliss-reactive ketones (excluding diaryl/α,β-unsaturated/α-hetero) is 1. The molecule has 0 fully saturated rings. The fourth-order valence-corrected chi connectivity index (χ4v) is 2.98. The third kappa shape index (κ3) is 2.36. The number of hydrogen-bond donors (Lipinski definition) is 0. The van der Waals surface area contributed by atoms with Gasteiger partial charge in [0.15, 0.2) is 5.78 Å². The zero-order chi connectivity index (χ0) is 16.8. The Morgan fingerprint density at radius 3 is 2.57 bits per heavy atom. The first-order chi connectivity index (χ1) is 10.9. The molecule has 0 radical (unpaired) electrons. The van der Waals surface area contributed by atoms with Gasteiger partial charge < -0.3 is 4.74 Å². The van der Waals surface area contributed by atoms with Crippen molar-refractivity contribution in [3.63, 3.8) is 0 Å². The second kappa shape index (κ2) is 5.33.